The van der Waals surface area contributed by atoms with Gasteiger partial charge in [-0.05, 0) is 0 Å². The molecule has 0 amide bonds. The van der Waals surface area contributed by atoms with Gasteiger partial charge in [0, 0.05) is 0 Å². The first kappa shape index (κ1) is 18.6. The molecule has 1 aromatic rings. The van der Waals surface area contributed by atoms with E-state index < -0.39 is 8.07 Å². The van der Waals surface area contributed by atoms with Crippen molar-refractivity contribution in [3.8, 4) is 0 Å². The van der Waals surface area contributed by atoms with E-state index in [0.717, 1.165) is 5.92 Å². The molecule has 1 aliphatic rings. The zero-order valence-corrected chi connectivity index (χ0v) is 17.4. The molecular weight excluding hydrogens is 446 g/mol. The minimum absolute atomic E-state index is 0. The van der Waals surface area contributed by atoms with Gasteiger partial charge in [0.25, 0.3) is 0 Å². The zero-order valence-electron chi connectivity index (χ0n) is 11.2. The van der Waals surface area contributed by atoms with E-state index in [4.69, 9.17) is 0 Å². The third kappa shape index (κ3) is 4.33. The van der Waals surface area contributed by atoms with Crippen LogP contribution >= 0.6 is 24.8 Å². The van der Waals surface area contributed by atoms with Gasteiger partial charge in [-0.3, -0.25) is 0 Å². The maximum Gasteiger partial charge on any atom is -0.147 e. The Labute approximate surface area is 139 Å². The second-order valence-electron chi connectivity index (χ2n) is 5.72. The molecule has 0 aromatic heterocycles. The summed E-state index contributed by atoms with van der Waals surface area (Å²) in [5, 5.41) is 1.87. The van der Waals surface area contributed by atoms with Crippen LogP contribution in [0.4, 0.5) is 0 Å². The van der Waals surface area contributed by atoms with Gasteiger partial charge in [0.05, 0.1) is 0 Å². The molecular formula is C14H21Cl2HfSi. The Balaban J connectivity index is 0.00000144. The summed E-state index contributed by atoms with van der Waals surface area (Å²) in [5.41, 5.74) is 1.55. The fraction of sp³-hybridized carbons (Fsp3) is 0.429. The maximum absolute atomic E-state index is 2.49. The van der Waals surface area contributed by atoms with E-state index in [1.165, 1.54) is 37.2 Å². The Morgan fingerprint density at radius 1 is 1.00 bits per heavy atom. The smallest absolute Gasteiger partial charge is 0.147 e. The second kappa shape index (κ2) is 7.42. The normalized spacial score (nSPS) is 19.1. The molecule has 0 bridgehead atoms. The fourth-order valence-electron chi connectivity index (χ4n) is 2.53. The molecule has 0 saturated heterocycles. The van der Waals surface area contributed by atoms with Gasteiger partial charge in [-0.1, -0.05) is 0 Å². The van der Waals surface area contributed by atoms with Crippen LogP contribution in [0.3, 0.4) is 0 Å². The number of halogens is 2. The molecule has 1 atom stereocenters. The summed E-state index contributed by atoms with van der Waals surface area (Å²) in [5.74, 6) is 0.787. The van der Waals surface area contributed by atoms with Crippen molar-refractivity contribution >= 4 is 32.9 Å². The third-order valence-corrected chi connectivity index (χ3v) is 8.47. The Kier molecular flexibility index (Phi) is 7.68. The van der Waals surface area contributed by atoms with Crippen LogP contribution in [0.2, 0.25) is 19.6 Å². The van der Waals surface area contributed by atoms with Crippen LogP contribution in [-0.4, -0.2) is 8.07 Å². The van der Waals surface area contributed by atoms with Crippen LogP contribution in [0.25, 0.3) is 0 Å². The summed E-state index contributed by atoms with van der Waals surface area (Å²) in [4.78, 5) is 0. The predicted octanol–water partition coefficient (Wildman–Crippen LogP) is 5.09. The van der Waals surface area contributed by atoms with Crippen molar-refractivity contribution < 1.29 is 24.4 Å². The SMILES string of the molecule is C[Si](C)(C)C1=[C]([Hf])CC(c2ccccc2)C1.Cl.Cl. The van der Waals surface area contributed by atoms with Gasteiger partial charge < -0.3 is 0 Å². The summed E-state index contributed by atoms with van der Waals surface area (Å²) in [6.07, 6.45) is 2.69. The first-order valence-electron chi connectivity index (χ1n) is 5.97. The molecule has 1 aromatic carbocycles. The van der Waals surface area contributed by atoms with Crippen molar-refractivity contribution in [1.82, 2.24) is 0 Å². The molecule has 2 rings (SSSR count). The van der Waals surface area contributed by atoms with Gasteiger partial charge in [0.1, 0.15) is 0 Å². The van der Waals surface area contributed by atoms with Crippen molar-refractivity contribution in [2.45, 2.75) is 38.4 Å². The molecule has 0 saturated carbocycles. The van der Waals surface area contributed by atoms with Gasteiger partial charge in [-0.2, -0.15) is 0 Å². The molecule has 0 fully saturated rings. The largest absolute Gasteiger partial charge is 0.147 e. The van der Waals surface area contributed by atoms with E-state index in [-0.39, 0.29) is 24.8 Å². The molecule has 0 N–H and O–H groups in total. The monoisotopic (exact) mass is 467 g/mol. The van der Waals surface area contributed by atoms with E-state index in [0.29, 0.717) is 0 Å². The van der Waals surface area contributed by atoms with E-state index in [1.807, 2.05) is 8.53 Å². The van der Waals surface area contributed by atoms with Gasteiger partial charge in [-0.25, -0.2) is 0 Å². The summed E-state index contributed by atoms with van der Waals surface area (Å²) >= 11 is 1.27. The first-order chi connectivity index (χ1) is 7.48. The first-order valence-corrected chi connectivity index (χ1v) is 11.3. The van der Waals surface area contributed by atoms with Crippen molar-refractivity contribution in [3.05, 3.63) is 44.4 Å². The summed E-state index contributed by atoms with van der Waals surface area (Å²) < 4.78 is 1.81. The van der Waals surface area contributed by atoms with Crippen molar-refractivity contribution in [2.24, 2.45) is 0 Å². The molecule has 1 aliphatic carbocycles. The minimum Gasteiger partial charge on any atom is -0.147 e. The predicted molar refractivity (Wildman–Crippen MR) is 83.3 cm³/mol. The van der Waals surface area contributed by atoms with Crippen molar-refractivity contribution in [1.29, 1.82) is 0 Å². The molecule has 18 heavy (non-hydrogen) atoms. The summed E-state index contributed by atoms with van der Waals surface area (Å²) in [6.45, 7) is 7.48. The Morgan fingerprint density at radius 3 is 2.00 bits per heavy atom. The van der Waals surface area contributed by atoms with Crippen LogP contribution in [0.5, 0.6) is 0 Å². The third-order valence-electron chi connectivity index (χ3n) is 3.44. The van der Waals surface area contributed by atoms with E-state index in [9.17, 15) is 0 Å². The minimum atomic E-state index is -1.05. The second-order valence-corrected chi connectivity index (χ2v) is 13.0. The Morgan fingerprint density at radius 2 is 1.56 bits per heavy atom. The van der Waals surface area contributed by atoms with Crippen molar-refractivity contribution in [2.75, 3.05) is 0 Å². The van der Waals surface area contributed by atoms with Crippen LogP contribution in [-0.2, 0) is 24.4 Å². The Bertz CT molecular complexity index is 410. The maximum atomic E-state index is 2.49. The zero-order chi connectivity index (χ0) is 11.8. The van der Waals surface area contributed by atoms with Crippen LogP contribution in [0.15, 0.2) is 38.9 Å². The van der Waals surface area contributed by atoms with E-state index >= 15 is 0 Å². The number of allylic oxidation sites excluding steroid dienone is 2. The standard InChI is InChI=1S/C14H19Si.2ClH.Hf/c1-15(2,3)14-10-9-13(11-14)12-7-5-4-6-8-12;;;/h4-8,13H,9,11H2,1-3H3;2*1H;. The average molecular weight is 467 g/mol. The van der Waals surface area contributed by atoms with E-state index in [1.54, 1.807) is 5.56 Å². The molecule has 0 heterocycles. The molecule has 4 heteroatoms. The van der Waals surface area contributed by atoms with Crippen LogP contribution in [0, 0.1) is 0 Å². The molecule has 1 unspecified atom stereocenters. The van der Waals surface area contributed by atoms with Gasteiger partial charge >= 0.3 is 115 Å². The van der Waals surface area contributed by atoms with E-state index in [2.05, 4.69) is 50.0 Å². The van der Waals surface area contributed by atoms with Gasteiger partial charge in [0.15, 0.2) is 0 Å². The van der Waals surface area contributed by atoms with Crippen LogP contribution in [0.1, 0.15) is 24.3 Å². The molecule has 0 spiro atoms. The topological polar surface area (TPSA) is 0 Å². The average Bonchev–Trinajstić information content (AvgIpc) is 2.61. The van der Waals surface area contributed by atoms with Gasteiger partial charge in [0.2, 0.25) is 0 Å². The quantitative estimate of drug-likeness (QED) is 0.533. The number of rotatable bonds is 2. The number of hydrogen-bond acceptors (Lipinski definition) is 0. The van der Waals surface area contributed by atoms with Crippen LogP contribution < -0.4 is 0 Å². The molecule has 0 aliphatic heterocycles. The number of hydrogen-bond donors (Lipinski definition) is 0. The molecule has 0 nitrogen and oxygen atoms in total. The fourth-order valence-corrected chi connectivity index (χ4v) is 9.69. The molecule has 0 radical (unpaired) electrons. The number of benzene rings is 1. The summed E-state index contributed by atoms with van der Waals surface area (Å²) in [7, 11) is -1.05. The Hall–Kier alpha value is 0.627. The summed E-state index contributed by atoms with van der Waals surface area (Å²) in [6, 6.07) is 11.1. The van der Waals surface area contributed by atoms with Gasteiger partial charge in [-0.15, -0.1) is 24.8 Å². The van der Waals surface area contributed by atoms with Crippen molar-refractivity contribution in [3.63, 3.8) is 0 Å². The molecule has 99 valence electrons.